The van der Waals surface area contributed by atoms with Crippen molar-refractivity contribution in [3.05, 3.63) is 100 Å². The normalized spacial score (nSPS) is 14.9. The Hall–Kier alpha value is -4.05. The molecular formula is C30H32ClF3N4O3. The maximum atomic E-state index is 14.5. The Morgan fingerprint density at radius 1 is 1.27 bits per heavy atom. The number of carbonyl (C=O) groups is 1. The van der Waals surface area contributed by atoms with Gasteiger partial charge in [0.25, 0.3) is 12.3 Å². The number of nitrogens with one attached hydrogen (secondary N) is 1. The monoisotopic (exact) mass is 588 g/mol. The van der Waals surface area contributed by atoms with Gasteiger partial charge in [-0.1, -0.05) is 50.7 Å². The molecule has 0 spiro atoms. The Morgan fingerprint density at radius 2 is 1.98 bits per heavy atom. The molecule has 7 nitrogen and oxygen atoms in total. The largest absolute Gasteiger partial charge is 0.453 e. The molecule has 1 aromatic heterocycles. The van der Waals surface area contributed by atoms with E-state index in [2.05, 4.69) is 28.6 Å². The third kappa shape index (κ3) is 7.38. The minimum absolute atomic E-state index is 0.0218. The van der Waals surface area contributed by atoms with E-state index >= 15 is 0 Å². The van der Waals surface area contributed by atoms with Crippen molar-refractivity contribution in [1.29, 1.82) is 0 Å². The van der Waals surface area contributed by atoms with Crippen LogP contribution in [0.25, 0.3) is 5.57 Å². The van der Waals surface area contributed by atoms with Crippen molar-refractivity contribution in [3.8, 4) is 0 Å². The summed E-state index contributed by atoms with van der Waals surface area (Å²) in [7, 11) is 0. The summed E-state index contributed by atoms with van der Waals surface area (Å²) in [6.07, 6.45) is 6.05. The van der Waals surface area contributed by atoms with Gasteiger partial charge >= 0.3 is 0 Å². The lowest BCUT2D eigenvalue weighted by molar-refractivity contribution is -0.112. The van der Waals surface area contributed by atoms with Crippen LogP contribution in [0.15, 0.2) is 83.2 Å². The van der Waals surface area contributed by atoms with E-state index in [0.29, 0.717) is 23.6 Å². The van der Waals surface area contributed by atoms with Crippen LogP contribution in [0.3, 0.4) is 0 Å². The van der Waals surface area contributed by atoms with Crippen molar-refractivity contribution >= 4 is 35.0 Å². The average molecular weight is 589 g/mol. The molecule has 1 atom stereocenters. The summed E-state index contributed by atoms with van der Waals surface area (Å²) in [5, 5.41) is 6.79. The zero-order chi connectivity index (χ0) is 30.3. The van der Waals surface area contributed by atoms with Crippen LogP contribution in [0.1, 0.15) is 64.1 Å². The van der Waals surface area contributed by atoms with Crippen LogP contribution in [-0.4, -0.2) is 28.7 Å². The highest BCUT2D eigenvalue weighted by Gasteiger charge is 2.27. The number of hydrogen-bond acceptors (Lipinski definition) is 5. The highest BCUT2D eigenvalue weighted by atomic mass is 35.5. The molecule has 0 bridgehead atoms. The molecule has 0 saturated heterocycles. The maximum Gasteiger partial charge on any atom is 0.264 e. The lowest BCUT2D eigenvalue weighted by atomic mass is 10.0. The number of alkyl halides is 2. The molecule has 0 fully saturated rings. The molecule has 2 aromatic rings. The molecular weight excluding hydrogens is 557 g/mol. The number of anilines is 1. The van der Waals surface area contributed by atoms with Gasteiger partial charge in [-0.2, -0.15) is 5.10 Å². The van der Waals surface area contributed by atoms with Crippen LogP contribution in [0, 0.1) is 5.82 Å². The van der Waals surface area contributed by atoms with Crippen LogP contribution in [0.4, 0.5) is 18.9 Å². The first-order valence-corrected chi connectivity index (χ1v) is 13.3. The maximum absolute atomic E-state index is 14.5. The molecule has 41 heavy (non-hydrogen) atoms. The fourth-order valence-electron chi connectivity index (χ4n) is 4.07. The fourth-order valence-corrected chi connectivity index (χ4v) is 4.23. The third-order valence-corrected chi connectivity index (χ3v) is 6.59. The lowest BCUT2D eigenvalue weighted by Gasteiger charge is -2.18. The number of aliphatic imine (C=N–C) groups is 1. The van der Waals surface area contributed by atoms with E-state index in [-0.39, 0.29) is 34.6 Å². The first-order chi connectivity index (χ1) is 19.5. The topological polar surface area (TPSA) is 77.7 Å². The molecule has 2 heterocycles. The van der Waals surface area contributed by atoms with E-state index in [1.54, 1.807) is 10.9 Å². The highest BCUT2D eigenvalue weighted by molar-refractivity contribution is 6.31. The van der Waals surface area contributed by atoms with Crippen LogP contribution in [0.2, 0.25) is 5.02 Å². The lowest BCUT2D eigenvalue weighted by Crippen LogP contribution is -2.14. The first-order valence-electron chi connectivity index (χ1n) is 12.9. The third-order valence-electron chi connectivity index (χ3n) is 6.30. The molecule has 0 aliphatic carbocycles. The van der Waals surface area contributed by atoms with Crippen molar-refractivity contribution in [2.45, 2.75) is 53.0 Å². The second-order valence-electron chi connectivity index (χ2n) is 9.17. The number of amides is 1. The Kier molecular flexibility index (Phi) is 10.8. The SMILES string of the molecule is C=C(C=N/C=C(\C)c1c(C(F)F)ccc(Cl)c1F)C(=O)Nc1cnn(C(C)/C(=C/CC)C2=C(C(=C)CC)OCO2)c1. The van der Waals surface area contributed by atoms with E-state index in [4.69, 9.17) is 21.1 Å². The molecule has 3 rings (SSSR count). The van der Waals surface area contributed by atoms with E-state index in [9.17, 15) is 18.0 Å². The number of ether oxygens (including phenoxy) is 2. The quantitative estimate of drug-likeness (QED) is 0.200. The van der Waals surface area contributed by atoms with Crippen molar-refractivity contribution in [2.75, 3.05) is 12.1 Å². The van der Waals surface area contributed by atoms with Gasteiger partial charge in [0, 0.05) is 35.3 Å². The molecule has 218 valence electrons. The van der Waals surface area contributed by atoms with Gasteiger partial charge in [-0.3, -0.25) is 14.5 Å². The van der Waals surface area contributed by atoms with Crippen molar-refractivity contribution in [3.63, 3.8) is 0 Å². The molecule has 1 unspecified atom stereocenters. The van der Waals surface area contributed by atoms with Crippen LogP contribution in [0.5, 0.6) is 0 Å². The summed E-state index contributed by atoms with van der Waals surface area (Å²) in [6, 6.07) is 1.89. The Labute approximate surface area is 242 Å². The fraction of sp³-hybridized carbons (Fsp3) is 0.300. The summed E-state index contributed by atoms with van der Waals surface area (Å²) >= 11 is 5.77. The summed E-state index contributed by atoms with van der Waals surface area (Å²) in [5.74, 6) is -0.278. The van der Waals surface area contributed by atoms with Gasteiger partial charge in [-0.15, -0.1) is 0 Å². The zero-order valence-electron chi connectivity index (χ0n) is 23.3. The number of rotatable bonds is 12. The van der Waals surface area contributed by atoms with Gasteiger partial charge in [-0.25, -0.2) is 13.2 Å². The number of aromatic nitrogens is 2. The Morgan fingerprint density at radius 3 is 2.63 bits per heavy atom. The highest BCUT2D eigenvalue weighted by Crippen LogP contribution is 2.35. The van der Waals surface area contributed by atoms with E-state index < -0.39 is 23.7 Å². The second-order valence-corrected chi connectivity index (χ2v) is 9.58. The molecule has 0 saturated carbocycles. The molecule has 1 aliphatic rings. The predicted molar refractivity (Wildman–Crippen MR) is 155 cm³/mol. The van der Waals surface area contributed by atoms with Gasteiger partial charge in [0.15, 0.2) is 11.5 Å². The first kappa shape index (κ1) is 31.5. The Bertz CT molecular complexity index is 1460. The number of carbonyl (C=O) groups excluding carboxylic acids is 1. The molecule has 1 aromatic carbocycles. The standard InChI is InChI=1S/C30H32ClF3N4O3/c1-7-9-22(28-27(17(3)8-2)40-16-41-28)20(6)38-15-21(14-36-38)37-30(39)19(5)13-35-12-18(4)25-23(29(33)34)10-11-24(31)26(25)32/h9-15,20,29H,3,5,7-8,16H2,1-2,4,6H3,(H,37,39)/b18-12+,22-9-,35-13?. The molecule has 1 N–H and O–H groups in total. The van der Waals surface area contributed by atoms with Crippen molar-refractivity contribution in [1.82, 2.24) is 9.78 Å². The van der Waals surface area contributed by atoms with Gasteiger partial charge in [0.05, 0.1) is 28.5 Å². The Balaban J connectivity index is 1.72. The number of hydrogen-bond donors (Lipinski definition) is 1. The van der Waals surface area contributed by atoms with E-state index in [1.165, 1.54) is 13.1 Å². The minimum Gasteiger partial charge on any atom is -0.453 e. The molecule has 11 heteroatoms. The average Bonchev–Trinajstić information content (AvgIpc) is 3.62. The number of benzene rings is 1. The minimum atomic E-state index is -2.91. The van der Waals surface area contributed by atoms with Crippen LogP contribution in [-0.2, 0) is 14.3 Å². The summed E-state index contributed by atoms with van der Waals surface area (Å²) in [5.41, 5.74) is 1.36. The van der Waals surface area contributed by atoms with Crippen molar-refractivity contribution in [2.24, 2.45) is 4.99 Å². The second kappa shape index (κ2) is 14.0. The predicted octanol–water partition coefficient (Wildman–Crippen LogP) is 8.32. The molecule has 1 aliphatic heterocycles. The molecule has 0 radical (unpaired) electrons. The number of halogens is 4. The smallest absolute Gasteiger partial charge is 0.264 e. The van der Waals surface area contributed by atoms with Gasteiger partial charge in [0.1, 0.15) is 5.82 Å². The van der Waals surface area contributed by atoms with Gasteiger partial charge < -0.3 is 14.8 Å². The van der Waals surface area contributed by atoms with Gasteiger partial charge in [0.2, 0.25) is 6.79 Å². The summed E-state index contributed by atoms with van der Waals surface area (Å²) < 4.78 is 54.3. The van der Waals surface area contributed by atoms with E-state index in [0.717, 1.165) is 42.1 Å². The number of allylic oxidation sites excluding steroid dienone is 4. The number of nitrogens with zero attached hydrogens (tertiary/aromatic N) is 3. The summed E-state index contributed by atoms with van der Waals surface area (Å²) in [4.78, 5) is 16.6. The van der Waals surface area contributed by atoms with Gasteiger partial charge in [-0.05, 0) is 43.9 Å². The van der Waals surface area contributed by atoms with Crippen LogP contribution < -0.4 is 5.32 Å². The van der Waals surface area contributed by atoms with E-state index in [1.807, 2.05) is 26.8 Å². The van der Waals surface area contributed by atoms with Crippen molar-refractivity contribution < 1.29 is 27.4 Å². The van der Waals surface area contributed by atoms with Crippen LogP contribution >= 0.6 is 11.6 Å². The molecule has 1 amide bonds. The summed E-state index contributed by atoms with van der Waals surface area (Å²) in [6.45, 7) is 15.2. The zero-order valence-corrected chi connectivity index (χ0v) is 24.1.